The summed E-state index contributed by atoms with van der Waals surface area (Å²) in [5.74, 6) is 0.214. The van der Waals surface area contributed by atoms with Crippen LogP contribution in [0.25, 0.3) is 11.4 Å². The molecule has 0 fully saturated rings. The number of amides is 2. The van der Waals surface area contributed by atoms with Crippen LogP contribution in [0.15, 0.2) is 41.8 Å². The molecule has 3 rings (SSSR count). The first-order valence-corrected chi connectivity index (χ1v) is 9.21. The van der Waals surface area contributed by atoms with Crippen molar-refractivity contribution in [3.05, 3.63) is 42.2 Å². The highest BCUT2D eigenvalue weighted by atomic mass is 32.2. The van der Waals surface area contributed by atoms with Crippen LogP contribution in [-0.2, 0) is 18.4 Å². The van der Waals surface area contributed by atoms with Crippen LogP contribution in [0.5, 0.6) is 0 Å². The van der Waals surface area contributed by atoms with Crippen LogP contribution in [0.4, 0.5) is 5.69 Å². The summed E-state index contributed by atoms with van der Waals surface area (Å²) >= 11 is 1.31. The third kappa shape index (κ3) is 4.34. The maximum atomic E-state index is 12.2. The van der Waals surface area contributed by atoms with Gasteiger partial charge in [0.1, 0.15) is 0 Å². The molecule has 2 aromatic heterocycles. The van der Waals surface area contributed by atoms with E-state index in [0.717, 1.165) is 11.4 Å². The molecule has 2 amide bonds. The zero-order valence-corrected chi connectivity index (χ0v) is 15.7. The molecule has 0 unspecified atom stereocenters. The fraction of sp³-hybridized carbons (Fsp3) is 0.235. The molecule has 1 aromatic carbocycles. The van der Waals surface area contributed by atoms with Gasteiger partial charge in [0.05, 0.1) is 17.5 Å². The van der Waals surface area contributed by atoms with Crippen molar-refractivity contribution in [3.63, 3.8) is 0 Å². The smallest absolute Gasteiger partial charge is 0.248 e. The van der Waals surface area contributed by atoms with Crippen LogP contribution in [0.2, 0.25) is 0 Å². The number of carbonyl (C=O) groups is 2. The second kappa shape index (κ2) is 8.04. The standard InChI is InChI=1S/C17H19N7O2S/c1-3-24-16(12-8-19-23(2)9-12)21-22-17(24)27-10-14(25)20-13-6-4-11(5-7-13)15(18)26/h4-9H,3,10H2,1-2H3,(H2,18,26)(H,20,25). The average molecular weight is 385 g/mol. The van der Waals surface area contributed by atoms with Crippen LogP contribution in [0.1, 0.15) is 17.3 Å². The maximum Gasteiger partial charge on any atom is 0.248 e. The van der Waals surface area contributed by atoms with E-state index in [1.165, 1.54) is 11.8 Å². The lowest BCUT2D eigenvalue weighted by Gasteiger charge is -2.07. The fourth-order valence-corrected chi connectivity index (χ4v) is 3.28. The molecular formula is C17H19N7O2S. The van der Waals surface area contributed by atoms with Gasteiger partial charge in [-0.05, 0) is 31.2 Å². The molecule has 0 aliphatic rings. The van der Waals surface area contributed by atoms with Crippen molar-refractivity contribution in [2.75, 3.05) is 11.1 Å². The Bertz CT molecular complexity index is 962. The molecular weight excluding hydrogens is 366 g/mol. The molecule has 10 heteroatoms. The first-order chi connectivity index (χ1) is 13.0. The van der Waals surface area contributed by atoms with Gasteiger partial charge in [0.15, 0.2) is 11.0 Å². The summed E-state index contributed by atoms with van der Waals surface area (Å²) in [4.78, 5) is 23.3. The number of aryl methyl sites for hydroxylation is 1. The number of benzene rings is 1. The van der Waals surface area contributed by atoms with E-state index in [-0.39, 0.29) is 11.7 Å². The van der Waals surface area contributed by atoms with Gasteiger partial charge >= 0.3 is 0 Å². The topological polar surface area (TPSA) is 121 Å². The van der Waals surface area contributed by atoms with Crippen LogP contribution < -0.4 is 11.1 Å². The molecule has 3 N–H and O–H groups in total. The van der Waals surface area contributed by atoms with Gasteiger partial charge in [-0.3, -0.25) is 14.3 Å². The number of hydrogen-bond donors (Lipinski definition) is 2. The molecule has 9 nitrogen and oxygen atoms in total. The summed E-state index contributed by atoms with van der Waals surface area (Å²) in [5, 5.41) is 16.0. The van der Waals surface area contributed by atoms with Crippen molar-refractivity contribution in [1.29, 1.82) is 0 Å². The summed E-state index contributed by atoms with van der Waals surface area (Å²) in [6.07, 6.45) is 3.60. The summed E-state index contributed by atoms with van der Waals surface area (Å²) in [5.41, 5.74) is 7.06. The second-order valence-corrected chi connectivity index (χ2v) is 6.67. The largest absolute Gasteiger partial charge is 0.366 e. The van der Waals surface area contributed by atoms with E-state index in [1.807, 2.05) is 24.7 Å². The molecule has 0 atom stereocenters. The SMILES string of the molecule is CCn1c(SCC(=O)Nc2ccc(C(N)=O)cc2)nnc1-c1cnn(C)c1. The van der Waals surface area contributed by atoms with E-state index in [4.69, 9.17) is 5.73 Å². The predicted octanol–water partition coefficient (Wildman–Crippen LogP) is 1.53. The second-order valence-electron chi connectivity index (χ2n) is 5.73. The number of primary amides is 1. The van der Waals surface area contributed by atoms with E-state index in [0.29, 0.717) is 23.0 Å². The average Bonchev–Trinajstić information content (AvgIpc) is 3.25. The van der Waals surface area contributed by atoms with Crippen LogP contribution >= 0.6 is 11.8 Å². The molecule has 0 aliphatic carbocycles. The highest BCUT2D eigenvalue weighted by Crippen LogP contribution is 2.23. The predicted molar refractivity (Wildman–Crippen MR) is 102 cm³/mol. The van der Waals surface area contributed by atoms with Crippen molar-refractivity contribution in [2.24, 2.45) is 12.8 Å². The summed E-state index contributed by atoms with van der Waals surface area (Å²) in [6, 6.07) is 6.41. The number of aromatic nitrogens is 5. The Balaban J connectivity index is 1.63. The molecule has 0 saturated carbocycles. The van der Waals surface area contributed by atoms with Crippen molar-refractivity contribution in [3.8, 4) is 11.4 Å². The molecule has 0 bridgehead atoms. The van der Waals surface area contributed by atoms with Crippen LogP contribution in [0, 0.1) is 0 Å². The number of rotatable bonds is 7. The Morgan fingerprint density at radius 1 is 1.22 bits per heavy atom. The third-order valence-corrected chi connectivity index (χ3v) is 4.75. The van der Waals surface area contributed by atoms with Gasteiger partial charge in [0.25, 0.3) is 0 Å². The van der Waals surface area contributed by atoms with Gasteiger partial charge in [0, 0.05) is 31.0 Å². The van der Waals surface area contributed by atoms with Gasteiger partial charge in [-0.25, -0.2) is 0 Å². The number of nitrogens with one attached hydrogen (secondary N) is 1. The van der Waals surface area contributed by atoms with Gasteiger partial charge in [-0.1, -0.05) is 11.8 Å². The van der Waals surface area contributed by atoms with Crippen molar-refractivity contribution in [1.82, 2.24) is 24.5 Å². The molecule has 3 aromatic rings. The summed E-state index contributed by atoms with van der Waals surface area (Å²) < 4.78 is 3.64. The Morgan fingerprint density at radius 3 is 2.56 bits per heavy atom. The minimum atomic E-state index is -0.508. The Hall–Kier alpha value is -3.14. The number of hydrogen-bond acceptors (Lipinski definition) is 6. The Kier molecular flexibility index (Phi) is 5.55. The first-order valence-electron chi connectivity index (χ1n) is 8.22. The molecule has 0 spiro atoms. The van der Waals surface area contributed by atoms with Crippen LogP contribution in [-0.4, -0.2) is 42.1 Å². The van der Waals surface area contributed by atoms with E-state index in [9.17, 15) is 9.59 Å². The lowest BCUT2D eigenvalue weighted by atomic mass is 10.2. The van der Waals surface area contributed by atoms with Crippen molar-refractivity contribution >= 4 is 29.3 Å². The Morgan fingerprint density at radius 2 is 1.96 bits per heavy atom. The van der Waals surface area contributed by atoms with E-state index >= 15 is 0 Å². The van der Waals surface area contributed by atoms with E-state index in [2.05, 4.69) is 20.6 Å². The monoisotopic (exact) mass is 385 g/mol. The summed E-state index contributed by atoms with van der Waals surface area (Å²) in [7, 11) is 1.84. The maximum absolute atomic E-state index is 12.2. The van der Waals surface area contributed by atoms with Gasteiger partial charge < -0.3 is 15.6 Å². The van der Waals surface area contributed by atoms with Gasteiger partial charge in [-0.15, -0.1) is 10.2 Å². The molecule has 140 valence electrons. The van der Waals surface area contributed by atoms with Crippen molar-refractivity contribution < 1.29 is 9.59 Å². The number of nitrogens with zero attached hydrogens (tertiary/aromatic N) is 5. The lowest BCUT2D eigenvalue weighted by molar-refractivity contribution is -0.113. The highest BCUT2D eigenvalue weighted by molar-refractivity contribution is 7.99. The van der Waals surface area contributed by atoms with E-state index in [1.54, 1.807) is 35.1 Å². The van der Waals surface area contributed by atoms with Crippen LogP contribution in [0.3, 0.4) is 0 Å². The third-order valence-electron chi connectivity index (χ3n) is 3.78. The highest BCUT2D eigenvalue weighted by Gasteiger charge is 2.15. The zero-order chi connectivity index (χ0) is 19.4. The molecule has 2 heterocycles. The quantitative estimate of drug-likeness (QED) is 0.595. The normalized spacial score (nSPS) is 10.7. The van der Waals surface area contributed by atoms with Gasteiger partial charge in [-0.2, -0.15) is 5.10 Å². The van der Waals surface area contributed by atoms with Crippen molar-refractivity contribution in [2.45, 2.75) is 18.6 Å². The number of carbonyl (C=O) groups excluding carboxylic acids is 2. The number of thioether (sulfide) groups is 1. The summed E-state index contributed by atoms with van der Waals surface area (Å²) in [6.45, 7) is 2.67. The first kappa shape index (κ1) is 18.6. The zero-order valence-electron chi connectivity index (χ0n) is 14.9. The fourth-order valence-electron chi connectivity index (χ4n) is 2.48. The Labute approximate surface area is 160 Å². The number of nitrogens with two attached hydrogens (primary N) is 1. The molecule has 0 aliphatic heterocycles. The molecule has 27 heavy (non-hydrogen) atoms. The van der Waals surface area contributed by atoms with Gasteiger partial charge in [0.2, 0.25) is 11.8 Å². The minimum Gasteiger partial charge on any atom is -0.366 e. The number of anilines is 1. The lowest BCUT2D eigenvalue weighted by Crippen LogP contribution is -2.15. The molecule has 0 radical (unpaired) electrons. The minimum absolute atomic E-state index is 0.180. The van der Waals surface area contributed by atoms with E-state index < -0.39 is 5.91 Å². The molecule has 0 saturated heterocycles.